The highest BCUT2D eigenvalue weighted by Crippen LogP contribution is 2.18. The molecule has 0 fully saturated rings. The minimum absolute atomic E-state index is 0.0337. The van der Waals surface area contributed by atoms with Crippen LogP contribution in [0.5, 0.6) is 0 Å². The van der Waals surface area contributed by atoms with E-state index < -0.39 is 23.7 Å². The standard InChI is InChI=1S/C18H25N3O4/c1-18(2,3)25-17(24)21(15(16(22)23)8-5-9-19)12-14-7-4-6-13(10-14)11-20/h4,6-7,10,15H,5,8-9,12,19H2,1-3H3,(H,22,23)/t15-/m0/s1. The Morgan fingerprint density at radius 2 is 2.08 bits per heavy atom. The summed E-state index contributed by atoms with van der Waals surface area (Å²) < 4.78 is 5.37. The van der Waals surface area contributed by atoms with Gasteiger partial charge in [0, 0.05) is 6.54 Å². The van der Waals surface area contributed by atoms with Crippen LogP contribution in [0.2, 0.25) is 0 Å². The SMILES string of the molecule is CC(C)(C)OC(=O)N(Cc1cccc(C#N)c1)[C@@H](CCCN)C(=O)O. The summed E-state index contributed by atoms with van der Waals surface area (Å²) in [5, 5.41) is 18.6. The van der Waals surface area contributed by atoms with Crippen molar-refractivity contribution in [2.75, 3.05) is 6.54 Å². The molecule has 0 spiro atoms. The third kappa shape index (κ3) is 6.81. The van der Waals surface area contributed by atoms with Gasteiger partial charge in [-0.1, -0.05) is 12.1 Å². The van der Waals surface area contributed by atoms with E-state index in [0.29, 0.717) is 24.1 Å². The molecular formula is C18H25N3O4. The number of aliphatic carboxylic acids is 1. The van der Waals surface area contributed by atoms with Crippen LogP contribution in [0.15, 0.2) is 24.3 Å². The van der Waals surface area contributed by atoms with Crippen LogP contribution in [0.25, 0.3) is 0 Å². The van der Waals surface area contributed by atoms with E-state index in [0.717, 1.165) is 0 Å². The smallest absolute Gasteiger partial charge is 0.411 e. The van der Waals surface area contributed by atoms with Crippen LogP contribution >= 0.6 is 0 Å². The Balaban J connectivity index is 3.13. The highest BCUT2D eigenvalue weighted by Gasteiger charge is 2.32. The van der Waals surface area contributed by atoms with Gasteiger partial charge in [0.15, 0.2) is 0 Å². The maximum atomic E-state index is 12.6. The molecule has 7 nitrogen and oxygen atoms in total. The van der Waals surface area contributed by atoms with Gasteiger partial charge in [-0.25, -0.2) is 9.59 Å². The zero-order valence-corrected chi connectivity index (χ0v) is 14.9. The Morgan fingerprint density at radius 3 is 2.60 bits per heavy atom. The summed E-state index contributed by atoms with van der Waals surface area (Å²) in [5.41, 5.74) is 5.83. The number of benzene rings is 1. The maximum absolute atomic E-state index is 12.6. The van der Waals surface area contributed by atoms with Crippen LogP contribution in [-0.4, -0.2) is 40.3 Å². The van der Waals surface area contributed by atoms with Gasteiger partial charge in [-0.2, -0.15) is 5.26 Å². The van der Waals surface area contributed by atoms with Crippen molar-refractivity contribution in [2.45, 2.75) is 51.8 Å². The van der Waals surface area contributed by atoms with Gasteiger partial charge in [0.2, 0.25) is 0 Å². The summed E-state index contributed by atoms with van der Waals surface area (Å²) in [6, 6.07) is 7.67. The molecule has 0 unspecified atom stereocenters. The molecule has 0 aromatic heterocycles. The minimum atomic E-state index is -1.12. The molecule has 0 aliphatic rings. The number of rotatable bonds is 7. The van der Waals surface area contributed by atoms with Crippen LogP contribution in [0.3, 0.4) is 0 Å². The number of hydrogen-bond donors (Lipinski definition) is 2. The Morgan fingerprint density at radius 1 is 1.40 bits per heavy atom. The van der Waals surface area contributed by atoms with E-state index in [2.05, 4.69) is 0 Å². The fourth-order valence-electron chi connectivity index (χ4n) is 2.28. The number of nitrogens with zero attached hydrogens (tertiary/aromatic N) is 2. The molecule has 0 aliphatic carbocycles. The summed E-state index contributed by atoms with van der Waals surface area (Å²) >= 11 is 0. The first-order valence-corrected chi connectivity index (χ1v) is 8.09. The topological polar surface area (TPSA) is 117 Å². The van der Waals surface area contributed by atoms with E-state index in [-0.39, 0.29) is 13.0 Å². The largest absolute Gasteiger partial charge is 0.480 e. The molecule has 25 heavy (non-hydrogen) atoms. The molecule has 1 amide bonds. The molecule has 0 radical (unpaired) electrons. The third-order valence-electron chi connectivity index (χ3n) is 3.38. The normalized spacial score (nSPS) is 12.1. The number of ether oxygens (including phenoxy) is 1. The molecule has 0 bridgehead atoms. The van der Waals surface area contributed by atoms with Gasteiger partial charge in [-0.05, 0) is 57.9 Å². The zero-order valence-electron chi connectivity index (χ0n) is 14.9. The van der Waals surface area contributed by atoms with Crippen molar-refractivity contribution in [3.05, 3.63) is 35.4 Å². The van der Waals surface area contributed by atoms with Gasteiger partial charge in [-0.3, -0.25) is 4.90 Å². The molecule has 0 saturated heterocycles. The first kappa shape index (κ1) is 20.5. The average Bonchev–Trinajstić information content (AvgIpc) is 2.52. The van der Waals surface area contributed by atoms with Gasteiger partial charge in [0.1, 0.15) is 11.6 Å². The second-order valence-electron chi connectivity index (χ2n) is 6.71. The molecule has 1 aromatic carbocycles. The monoisotopic (exact) mass is 347 g/mol. The number of nitrogens with two attached hydrogens (primary N) is 1. The number of carbonyl (C=O) groups is 2. The van der Waals surface area contributed by atoms with Crippen molar-refractivity contribution in [1.29, 1.82) is 5.26 Å². The number of hydrogen-bond acceptors (Lipinski definition) is 5. The molecule has 0 saturated carbocycles. The summed E-state index contributed by atoms with van der Waals surface area (Å²) in [7, 11) is 0. The zero-order chi connectivity index (χ0) is 19.0. The first-order valence-electron chi connectivity index (χ1n) is 8.09. The van der Waals surface area contributed by atoms with Crippen molar-refractivity contribution in [1.82, 2.24) is 4.90 Å². The molecule has 0 aliphatic heterocycles. The number of nitriles is 1. The van der Waals surface area contributed by atoms with E-state index in [1.54, 1.807) is 45.0 Å². The van der Waals surface area contributed by atoms with Crippen molar-refractivity contribution < 1.29 is 19.4 Å². The summed E-state index contributed by atoms with van der Waals surface area (Å²) in [6.45, 7) is 5.51. The number of carbonyl (C=O) groups excluding carboxylic acids is 1. The van der Waals surface area contributed by atoms with Crippen molar-refractivity contribution in [3.63, 3.8) is 0 Å². The number of amides is 1. The third-order valence-corrected chi connectivity index (χ3v) is 3.38. The second kappa shape index (κ2) is 9.04. The van der Waals surface area contributed by atoms with E-state index in [9.17, 15) is 14.7 Å². The summed E-state index contributed by atoms with van der Waals surface area (Å²) in [4.78, 5) is 25.4. The van der Waals surface area contributed by atoms with Crippen LogP contribution in [0, 0.1) is 11.3 Å². The molecule has 7 heteroatoms. The average molecular weight is 347 g/mol. The van der Waals surface area contributed by atoms with E-state index >= 15 is 0 Å². The lowest BCUT2D eigenvalue weighted by atomic mass is 10.1. The number of carboxylic acids is 1. The van der Waals surface area contributed by atoms with Crippen LogP contribution in [0.1, 0.15) is 44.7 Å². The number of carboxylic acid groups (broad SMARTS) is 1. The van der Waals surface area contributed by atoms with Crippen molar-refractivity contribution in [2.24, 2.45) is 5.73 Å². The Kier molecular flexibility index (Phi) is 7.40. The summed E-state index contributed by atoms with van der Waals surface area (Å²) in [5.74, 6) is -1.12. The van der Waals surface area contributed by atoms with Gasteiger partial charge in [0.05, 0.1) is 11.6 Å². The van der Waals surface area contributed by atoms with Crippen molar-refractivity contribution >= 4 is 12.1 Å². The Hall–Kier alpha value is -2.59. The van der Waals surface area contributed by atoms with Crippen LogP contribution < -0.4 is 5.73 Å². The lowest BCUT2D eigenvalue weighted by Crippen LogP contribution is -2.47. The first-order chi connectivity index (χ1) is 11.7. The van der Waals surface area contributed by atoms with Gasteiger partial charge in [0.25, 0.3) is 0 Å². The quantitative estimate of drug-likeness (QED) is 0.782. The molecular weight excluding hydrogens is 322 g/mol. The summed E-state index contributed by atoms with van der Waals surface area (Å²) in [6.07, 6.45) is -0.0170. The molecule has 136 valence electrons. The van der Waals surface area contributed by atoms with Crippen LogP contribution in [0.4, 0.5) is 4.79 Å². The predicted octanol–water partition coefficient (Wildman–Crippen LogP) is 2.49. The maximum Gasteiger partial charge on any atom is 0.411 e. The minimum Gasteiger partial charge on any atom is -0.480 e. The van der Waals surface area contributed by atoms with Gasteiger partial charge < -0.3 is 15.6 Å². The Labute approximate surface area is 148 Å². The highest BCUT2D eigenvalue weighted by atomic mass is 16.6. The second-order valence-corrected chi connectivity index (χ2v) is 6.71. The van der Waals surface area contributed by atoms with Crippen LogP contribution in [-0.2, 0) is 16.1 Å². The van der Waals surface area contributed by atoms with E-state index in [1.165, 1.54) is 4.90 Å². The molecule has 1 rings (SSSR count). The predicted molar refractivity (Wildman–Crippen MR) is 92.6 cm³/mol. The lowest BCUT2D eigenvalue weighted by Gasteiger charge is -2.31. The Bertz CT molecular complexity index is 646. The molecule has 1 aromatic rings. The molecule has 1 atom stereocenters. The van der Waals surface area contributed by atoms with E-state index in [4.69, 9.17) is 15.7 Å². The molecule has 3 N–H and O–H groups in total. The van der Waals surface area contributed by atoms with Crippen molar-refractivity contribution in [3.8, 4) is 6.07 Å². The van der Waals surface area contributed by atoms with E-state index in [1.807, 2.05) is 6.07 Å². The fraction of sp³-hybridized carbons (Fsp3) is 0.500. The lowest BCUT2D eigenvalue weighted by molar-refractivity contribution is -0.143. The molecule has 0 heterocycles. The van der Waals surface area contributed by atoms with Gasteiger partial charge in [-0.15, -0.1) is 0 Å². The fourth-order valence-corrected chi connectivity index (χ4v) is 2.28. The van der Waals surface area contributed by atoms with Gasteiger partial charge >= 0.3 is 12.1 Å². The highest BCUT2D eigenvalue weighted by molar-refractivity contribution is 5.80.